The summed E-state index contributed by atoms with van der Waals surface area (Å²) in [7, 11) is 1.75. The highest BCUT2D eigenvalue weighted by atomic mass is 16.2. The van der Waals surface area contributed by atoms with Gasteiger partial charge in [0.1, 0.15) is 5.69 Å². The third kappa shape index (κ3) is 2.52. The van der Waals surface area contributed by atoms with E-state index in [9.17, 15) is 9.59 Å². The van der Waals surface area contributed by atoms with Crippen molar-refractivity contribution < 1.29 is 9.59 Å². The Kier molecular flexibility index (Phi) is 3.64. The van der Waals surface area contributed by atoms with E-state index in [1.54, 1.807) is 22.7 Å². The summed E-state index contributed by atoms with van der Waals surface area (Å²) in [4.78, 5) is 25.4. The quantitative estimate of drug-likeness (QED) is 0.800. The summed E-state index contributed by atoms with van der Waals surface area (Å²) >= 11 is 0. The molecule has 1 aliphatic heterocycles. The van der Waals surface area contributed by atoms with Gasteiger partial charge in [0.15, 0.2) is 0 Å². The fraction of sp³-hybridized carbons (Fsp3) is 0.583. The Balaban J connectivity index is 2.18. The molecule has 0 spiro atoms. The van der Waals surface area contributed by atoms with Crippen LogP contribution in [0.4, 0.5) is 0 Å². The van der Waals surface area contributed by atoms with Crippen LogP contribution in [-0.2, 0) is 18.3 Å². The predicted octanol–water partition coefficient (Wildman–Crippen LogP) is -0.0554. The van der Waals surface area contributed by atoms with E-state index in [1.165, 1.54) is 0 Å². The van der Waals surface area contributed by atoms with E-state index >= 15 is 0 Å². The Labute approximate surface area is 106 Å². The number of aryl methyl sites for hydroxylation is 2. The second-order valence-electron chi connectivity index (χ2n) is 4.43. The topological polar surface area (TPSA) is 67.2 Å². The van der Waals surface area contributed by atoms with Crippen molar-refractivity contribution in [2.24, 2.45) is 7.05 Å². The van der Waals surface area contributed by atoms with Gasteiger partial charge >= 0.3 is 0 Å². The van der Waals surface area contributed by atoms with Crippen LogP contribution in [0, 0.1) is 0 Å². The van der Waals surface area contributed by atoms with Crippen molar-refractivity contribution in [3.8, 4) is 0 Å². The maximum Gasteiger partial charge on any atom is 0.272 e. The standard InChI is InChI=1S/C12H18N4O2/c1-3-9-7-10(15(2)14-9)12(18)16-6-4-5-13-11(17)8-16/h7H,3-6,8H2,1-2H3,(H,13,17). The first-order chi connectivity index (χ1) is 8.61. The van der Waals surface area contributed by atoms with Crippen molar-refractivity contribution in [1.82, 2.24) is 20.0 Å². The highest BCUT2D eigenvalue weighted by Crippen LogP contribution is 2.09. The van der Waals surface area contributed by atoms with Crippen molar-refractivity contribution >= 4 is 11.8 Å². The molecule has 2 rings (SSSR count). The van der Waals surface area contributed by atoms with Crippen LogP contribution in [0.2, 0.25) is 0 Å². The number of amides is 2. The van der Waals surface area contributed by atoms with E-state index in [4.69, 9.17) is 0 Å². The van der Waals surface area contributed by atoms with Crippen LogP contribution < -0.4 is 5.32 Å². The van der Waals surface area contributed by atoms with Crippen molar-refractivity contribution in [2.75, 3.05) is 19.6 Å². The average Bonchev–Trinajstić information content (AvgIpc) is 2.59. The lowest BCUT2D eigenvalue weighted by molar-refractivity contribution is -0.121. The van der Waals surface area contributed by atoms with Crippen LogP contribution in [-0.4, -0.2) is 46.1 Å². The molecule has 0 aromatic carbocycles. The van der Waals surface area contributed by atoms with Crippen molar-refractivity contribution in [2.45, 2.75) is 19.8 Å². The van der Waals surface area contributed by atoms with Gasteiger partial charge in [-0.1, -0.05) is 6.92 Å². The highest BCUT2D eigenvalue weighted by molar-refractivity contribution is 5.95. The van der Waals surface area contributed by atoms with E-state index in [0.29, 0.717) is 18.8 Å². The number of carbonyl (C=O) groups is 2. The number of nitrogens with one attached hydrogen (secondary N) is 1. The van der Waals surface area contributed by atoms with Crippen LogP contribution in [0.5, 0.6) is 0 Å². The molecule has 6 nitrogen and oxygen atoms in total. The molecule has 1 fully saturated rings. The zero-order chi connectivity index (χ0) is 13.1. The smallest absolute Gasteiger partial charge is 0.272 e. The summed E-state index contributed by atoms with van der Waals surface area (Å²) in [6.07, 6.45) is 1.58. The number of hydrogen-bond acceptors (Lipinski definition) is 3. The van der Waals surface area contributed by atoms with E-state index in [0.717, 1.165) is 18.5 Å². The lowest BCUT2D eigenvalue weighted by atomic mass is 10.2. The third-order valence-corrected chi connectivity index (χ3v) is 3.06. The Morgan fingerprint density at radius 1 is 1.56 bits per heavy atom. The number of nitrogens with zero attached hydrogens (tertiary/aromatic N) is 3. The van der Waals surface area contributed by atoms with Gasteiger partial charge in [0, 0.05) is 20.1 Å². The van der Waals surface area contributed by atoms with Gasteiger partial charge in [-0.2, -0.15) is 5.10 Å². The van der Waals surface area contributed by atoms with Gasteiger partial charge in [-0.05, 0) is 18.9 Å². The SMILES string of the molecule is CCc1cc(C(=O)N2CCCNC(=O)C2)n(C)n1. The molecule has 0 radical (unpaired) electrons. The molecule has 0 aliphatic carbocycles. The van der Waals surface area contributed by atoms with Crippen LogP contribution in [0.25, 0.3) is 0 Å². The molecule has 6 heteroatoms. The second kappa shape index (κ2) is 5.20. The lowest BCUT2D eigenvalue weighted by Gasteiger charge is -2.18. The van der Waals surface area contributed by atoms with Gasteiger partial charge in [-0.25, -0.2) is 0 Å². The monoisotopic (exact) mass is 250 g/mol. The van der Waals surface area contributed by atoms with Crippen LogP contribution >= 0.6 is 0 Å². The van der Waals surface area contributed by atoms with Gasteiger partial charge in [0.2, 0.25) is 5.91 Å². The van der Waals surface area contributed by atoms with Crippen molar-refractivity contribution in [1.29, 1.82) is 0 Å². The number of aromatic nitrogens is 2. The molecule has 1 aliphatic rings. The summed E-state index contributed by atoms with van der Waals surface area (Å²) in [6, 6.07) is 1.80. The maximum atomic E-state index is 12.3. The normalized spacial score (nSPS) is 16.3. The molecule has 0 unspecified atom stereocenters. The van der Waals surface area contributed by atoms with Gasteiger partial charge in [0.25, 0.3) is 5.91 Å². The molecular weight excluding hydrogens is 232 g/mol. The summed E-state index contributed by atoms with van der Waals surface area (Å²) in [5.74, 6) is -0.222. The molecule has 1 saturated heterocycles. The first kappa shape index (κ1) is 12.6. The van der Waals surface area contributed by atoms with Crippen molar-refractivity contribution in [3.63, 3.8) is 0 Å². The fourth-order valence-corrected chi connectivity index (χ4v) is 2.04. The Bertz CT molecular complexity index is 467. The molecular formula is C12H18N4O2. The van der Waals surface area contributed by atoms with E-state index in [-0.39, 0.29) is 18.4 Å². The number of hydrogen-bond donors (Lipinski definition) is 1. The lowest BCUT2D eigenvalue weighted by Crippen LogP contribution is -2.38. The van der Waals surface area contributed by atoms with E-state index in [1.807, 2.05) is 6.92 Å². The molecule has 1 aromatic rings. The van der Waals surface area contributed by atoms with E-state index < -0.39 is 0 Å². The number of carbonyl (C=O) groups excluding carboxylic acids is 2. The number of rotatable bonds is 2. The van der Waals surface area contributed by atoms with Gasteiger partial charge in [-0.15, -0.1) is 0 Å². The summed E-state index contributed by atoms with van der Waals surface area (Å²) in [5, 5.41) is 7.01. The van der Waals surface area contributed by atoms with Gasteiger partial charge in [0.05, 0.1) is 12.2 Å². The molecule has 0 saturated carbocycles. The fourth-order valence-electron chi connectivity index (χ4n) is 2.04. The van der Waals surface area contributed by atoms with Gasteiger partial charge in [-0.3, -0.25) is 14.3 Å². The first-order valence-electron chi connectivity index (χ1n) is 6.20. The zero-order valence-corrected chi connectivity index (χ0v) is 10.8. The minimum Gasteiger partial charge on any atom is -0.354 e. The second-order valence-corrected chi connectivity index (χ2v) is 4.43. The molecule has 0 bridgehead atoms. The van der Waals surface area contributed by atoms with E-state index in [2.05, 4.69) is 10.4 Å². The van der Waals surface area contributed by atoms with Crippen LogP contribution in [0.1, 0.15) is 29.5 Å². The maximum absolute atomic E-state index is 12.3. The minimum atomic E-state index is -0.123. The zero-order valence-electron chi connectivity index (χ0n) is 10.8. The Hall–Kier alpha value is -1.85. The summed E-state index contributed by atoms with van der Waals surface area (Å²) < 4.78 is 1.59. The van der Waals surface area contributed by atoms with Gasteiger partial charge < -0.3 is 10.2 Å². The first-order valence-corrected chi connectivity index (χ1v) is 6.20. The summed E-state index contributed by atoms with van der Waals surface area (Å²) in [5.41, 5.74) is 1.43. The van der Waals surface area contributed by atoms with Crippen LogP contribution in [0.15, 0.2) is 6.07 Å². The average molecular weight is 250 g/mol. The van der Waals surface area contributed by atoms with Crippen molar-refractivity contribution in [3.05, 3.63) is 17.5 Å². The Morgan fingerprint density at radius 2 is 2.33 bits per heavy atom. The third-order valence-electron chi connectivity index (χ3n) is 3.06. The molecule has 1 aromatic heterocycles. The molecule has 2 amide bonds. The molecule has 2 heterocycles. The summed E-state index contributed by atoms with van der Waals surface area (Å²) in [6.45, 7) is 3.36. The predicted molar refractivity (Wildman–Crippen MR) is 66.1 cm³/mol. The molecule has 1 N–H and O–H groups in total. The molecule has 18 heavy (non-hydrogen) atoms. The highest BCUT2D eigenvalue weighted by Gasteiger charge is 2.23. The molecule has 98 valence electrons. The minimum absolute atomic E-state index is 0.0984. The largest absolute Gasteiger partial charge is 0.354 e. The Morgan fingerprint density at radius 3 is 3.00 bits per heavy atom. The van der Waals surface area contributed by atoms with Crippen LogP contribution in [0.3, 0.4) is 0 Å². The molecule has 0 atom stereocenters.